The van der Waals surface area contributed by atoms with E-state index >= 15 is 0 Å². The molecule has 3 aliphatic heterocycles. The summed E-state index contributed by atoms with van der Waals surface area (Å²) >= 11 is 0. The number of amides is 2. The molecule has 1 fully saturated rings. The van der Waals surface area contributed by atoms with E-state index in [0.717, 1.165) is 46.6 Å². The predicted molar refractivity (Wildman–Crippen MR) is 130 cm³/mol. The van der Waals surface area contributed by atoms with E-state index in [1.54, 1.807) is 0 Å². The number of nitrogens with one attached hydrogen (secondary N) is 1. The highest BCUT2D eigenvalue weighted by molar-refractivity contribution is 6.08. The van der Waals surface area contributed by atoms with Crippen molar-refractivity contribution in [3.05, 3.63) is 89.5 Å². The summed E-state index contributed by atoms with van der Waals surface area (Å²) in [4.78, 5) is 30.8. The minimum absolute atomic E-state index is 0.0535. The average Bonchev–Trinajstić information content (AvgIpc) is 3.30. The van der Waals surface area contributed by atoms with Gasteiger partial charge in [0.15, 0.2) is 0 Å². The molecular weight excluding hydrogens is 424 g/mol. The maximum atomic E-state index is 13.9. The molecule has 1 saturated heterocycles. The van der Waals surface area contributed by atoms with Crippen molar-refractivity contribution in [2.45, 2.75) is 18.3 Å². The second kappa shape index (κ2) is 7.82. The summed E-state index contributed by atoms with van der Waals surface area (Å²) in [6.45, 7) is 0.857. The summed E-state index contributed by atoms with van der Waals surface area (Å²) in [5.41, 5.74) is 4.77. The number of anilines is 3. The number of aryl methyl sites for hydroxylation is 2. The topological polar surface area (TPSA) is 76.4 Å². The molecular formula is C28H24N4O2. The van der Waals surface area contributed by atoms with Crippen LogP contribution in [0.15, 0.2) is 72.8 Å². The smallest absolute Gasteiger partial charge is 0.245 e. The third-order valence-electron chi connectivity index (χ3n) is 7.46. The van der Waals surface area contributed by atoms with Crippen molar-refractivity contribution in [2.75, 3.05) is 29.9 Å². The fraction of sp³-hybridized carbons (Fsp3) is 0.250. The molecule has 3 aliphatic rings. The summed E-state index contributed by atoms with van der Waals surface area (Å²) in [6, 6.07) is 26.0. The Balaban J connectivity index is 1.35. The van der Waals surface area contributed by atoms with Gasteiger partial charge in [-0.2, -0.15) is 5.26 Å². The van der Waals surface area contributed by atoms with Crippen LogP contribution >= 0.6 is 0 Å². The first kappa shape index (κ1) is 20.6. The Morgan fingerprint density at radius 2 is 1.59 bits per heavy atom. The molecule has 34 heavy (non-hydrogen) atoms. The minimum atomic E-state index is -0.944. The molecule has 3 aromatic carbocycles. The van der Waals surface area contributed by atoms with Crippen molar-refractivity contribution in [1.82, 2.24) is 4.90 Å². The first-order valence-corrected chi connectivity index (χ1v) is 11.6. The zero-order valence-corrected chi connectivity index (χ0v) is 18.7. The maximum Gasteiger partial charge on any atom is 0.245 e. The summed E-state index contributed by atoms with van der Waals surface area (Å²) in [7, 11) is 0. The lowest BCUT2D eigenvalue weighted by Gasteiger charge is -2.28. The van der Waals surface area contributed by atoms with Gasteiger partial charge in [0.25, 0.3) is 0 Å². The van der Waals surface area contributed by atoms with E-state index in [9.17, 15) is 14.9 Å². The van der Waals surface area contributed by atoms with Crippen molar-refractivity contribution in [3.63, 3.8) is 0 Å². The van der Waals surface area contributed by atoms with Crippen LogP contribution in [0.5, 0.6) is 0 Å². The number of nitriles is 1. The molecule has 6 rings (SSSR count). The predicted octanol–water partition coefficient (Wildman–Crippen LogP) is 3.80. The van der Waals surface area contributed by atoms with Gasteiger partial charge in [-0.25, -0.2) is 0 Å². The Morgan fingerprint density at radius 1 is 0.971 bits per heavy atom. The van der Waals surface area contributed by atoms with Gasteiger partial charge >= 0.3 is 0 Å². The number of likely N-dealkylation sites (tertiary alicyclic amines) is 1. The molecule has 1 spiro atoms. The normalized spacial score (nSPS) is 23.0. The standard InChI is InChI=1S/C28H24N4O2/c29-15-21-16-31(18-28(21)22-9-3-4-10-23(22)30-27(28)34)17-26(33)32-24-11-5-1-7-19(24)13-14-20-8-2-6-12-25(20)32/h1-12,21H,13-14,16-18H2,(H,30,34). The lowest BCUT2D eigenvalue weighted by Crippen LogP contribution is -2.43. The van der Waals surface area contributed by atoms with Gasteiger partial charge in [-0.3, -0.25) is 19.4 Å². The third kappa shape index (κ3) is 2.98. The van der Waals surface area contributed by atoms with Crippen molar-refractivity contribution in [2.24, 2.45) is 5.92 Å². The van der Waals surface area contributed by atoms with Crippen LogP contribution in [0.3, 0.4) is 0 Å². The van der Waals surface area contributed by atoms with E-state index in [4.69, 9.17) is 0 Å². The zero-order valence-electron chi connectivity index (χ0n) is 18.7. The summed E-state index contributed by atoms with van der Waals surface area (Å²) in [6.07, 6.45) is 1.74. The molecule has 0 aromatic heterocycles. The van der Waals surface area contributed by atoms with Gasteiger partial charge in [0.1, 0.15) is 5.41 Å². The van der Waals surface area contributed by atoms with E-state index in [2.05, 4.69) is 23.5 Å². The Morgan fingerprint density at radius 3 is 2.26 bits per heavy atom. The van der Waals surface area contributed by atoms with Gasteiger partial charge in [0.2, 0.25) is 11.8 Å². The number of nitrogens with zero attached hydrogens (tertiary/aromatic N) is 3. The van der Waals surface area contributed by atoms with Gasteiger partial charge in [-0.05, 0) is 47.7 Å². The molecule has 0 aliphatic carbocycles. The van der Waals surface area contributed by atoms with E-state index in [0.29, 0.717) is 13.1 Å². The van der Waals surface area contributed by atoms with Crippen LogP contribution in [0.4, 0.5) is 17.1 Å². The Labute approximate surface area is 198 Å². The zero-order chi connectivity index (χ0) is 23.3. The van der Waals surface area contributed by atoms with Crippen molar-refractivity contribution in [3.8, 4) is 6.07 Å². The van der Waals surface area contributed by atoms with E-state index < -0.39 is 11.3 Å². The molecule has 2 unspecified atom stereocenters. The molecule has 0 saturated carbocycles. The molecule has 0 radical (unpaired) electrons. The van der Waals surface area contributed by atoms with Crippen molar-refractivity contribution < 1.29 is 9.59 Å². The highest BCUT2D eigenvalue weighted by Crippen LogP contribution is 2.47. The van der Waals surface area contributed by atoms with Gasteiger partial charge in [-0.1, -0.05) is 54.6 Å². The van der Waals surface area contributed by atoms with Crippen LogP contribution < -0.4 is 10.2 Å². The second-order valence-electron chi connectivity index (χ2n) is 9.31. The summed E-state index contributed by atoms with van der Waals surface area (Å²) in [5, 5.41) is 12.9. The maximum absolute atomic E-state index is 13.9. The van der Waals surface area contributed by atoms with Crippen LogP contribution in [0, 0.1) is 17.2 Å². The number of rotatable bonds is 2. The van der Waals surface area contributed by atoms with E-state index in [1.165, 1.54) is 0 Å². The summed E-state index contributed by atoms with van der Waals surface area (Å²) < 4.78 is 0. The molecule has 3 aromatic rings. The lowest BCUT2D eigenvalue weighted by atomic mass is 9.74. The average molecular weight is 449 g/mol. The molecule has 6 nitrogen and oxygen atoms in total. The lowest BCUT2D eigenvalue weighted by molar-refractivity contribution is -0.122. The number of benzene rings is 3. The molecule has 6 heteroatoms. The number of carbonyl (C=O) groups is 2. The van der Waals surface area contributed by atoms with Gasteiger partial charge < -0.3 is 5.32 Å². The number of hydrogen-bond donors (Lipinski definition) is 1. The molecule has 168 valence electrons. The summed E-state index contributed by atoms with van der Waals surface area (Å²) in [5.74, 6) is -0.726. The van der Waals surface area contributed by atoms with Crippen LogP contribution in [-0.4, -0.2) is 36.3 Å². The fourth-order valence-corrected chi connectivity index (χ4v) is 5.86. The van der Waals surface area contributed by atoms with Gasteiger partial charge in [0.05, 0.1) is 29.9 Å². The van der Waals surface area contributed by atoms with Crippen LogP contribution in [0.1, 0.15) is 16.7 Å². The quantitative estimate of drug-likeness (QED) is 0.647. The highest BCUT2D eigenvalue weighted by Gasteiger charge is 2.57. The molecule has 0 bridgehead atoms. The Bertz CT molecular complexity index is 1310. The SMILES string of the molecule is N#CC1CN(CC(=O)N2c3ccccc3CCc3ccccc32)CC12C(=O)Nc1ccccc12. The van der Waals surface area contributed by atoms with Crippen LogP contribution in [-0.2, 0) is 27.8 Å². The number of carbonyl (C=O) groups excluding carboxylic acids is 2. The Kier molecular flexibility index (Phi) is 4.75. The van der Waals surface area contributed by atoms with Crippen molar-refractivity contribution >= 4 is 28.9 Å². The molecule has 2 amide bonds. The largest absolute Gasteiger partial charge is 0.325 e. The highest BCUT2D eigenvalue weighted by atomic mass is 16.2. The van der Waals surface area contributed by atoms with E-state index in [-0.39, 0.29) is 18.4 Å². The molecule has 3 heterocycles. The minimum Gasteiger partial charge on any atom is -0.325 e. The number of para-hydroxylation sites is 3. The second-order valence-corrected chi connectivity index (χ2v) is 9.31. The molecule has 2 atom stereocenters. The van der Waals surface area contributed by atoms with Crippen molar-refractivity contribution in [1.29, 1.82) is 5.26 Å². The van der Waals surface area contributed by atoms with Crippen LogP contribution in [0.25, 0.3) is 0 Å². The van der Waals surface area contributed by atoms with Crippen LogP contribution in [0.2, 0.25) is 0 Å². The number of hydrogen-bond acceptors (Lipinski definition) is 4. The third-order valence-corrected chi connectivity index (χ3v) is 7.46. The monoisotopic (exact) mass is 448 g/mol. The first-order valence-electron chi connectivity index (χ1n) is 11.6. The fourth-order valence-electron chi connectivity index (χ4n) is 5.86. The van der Waals surface area contributed by atoms with Gasteiger partial charge in [0, 0.05) is 18.8 Å². The Hall–Kier alpha value is -3.95. The first-order chi connectivity index (χ1) is 16.6. The van der Waals surface area contributed by atoms with Gasteiger partial charge in [-0.15, -0.1) is 0 Å². The van der Waals surface area contributed by atoms with E-state index in [1.807, 2.05) is 70.5 Å². The number of fused-ring (bicyclic) bond motifs is 4. The molecule has 1 N–H and O–H groups in total.